The zero-order chi connectivity index (χ0) is 10.4. The SMILES string of the molecule is CCCNc1ncc(C(C)COC)s1. The van der Waals surface area contributed by atoms with Gasteiger partial charge in [0.15, 0.2) is 5.13 Å². The van der Waals surface area contributed by atoms with Gasteiger partial charge >= 0.3 is 0 Å². The third kappa shape index (κ3) is 3.27. The Bertz CT molecular complexity index is 262. The Labute approximate surface area is 89.5 Å². The van der Waals surface area contributed by atoms with Gasteiger partial charge in [0, 0.05) is 30.6 Å². The molecule has 1 aromatic rings. The molecule has 0 bridgehead atoms. The van der Waals surface area contributed by atoms with Crippen molar-refractivity contribution in [1.29, 1.82) is 0 Å². The van der Waals surface area contributed by atoms with Crippen LogP contribution in [0.15, 0.2) is 6.20 Å². The summed E-state index contributed by atoms with van der Waals surface area (Å²) in [5, 5.41) is 4.30. The second-order valence-electron chi connectivity index (χ2n) is 3.35. The second-order valence-corrected chi connectivity index (χ2v) is 4.41. The molecule has 0 aliphatic carbocycles. The van der Waals surface area contributed by atoms with Gasteiger partial charge in [-0.2, -0.15) is 0 Å². The van der Waals surface area contributed by atoms with E-state index in [0.717, 1.165) is 24.7 Å². The number of hydrogen-bond acceptors (Lipinski definition) is 4. The maximum Gasteiger partial charge on any atom is 0.182 e. The van der Waals surface area contributed by atoms with E-state index in [1.54, 1.807) is 18.4 Å². The number of anilines is 1. The zero-order valence-electron chi connectivity index (χ0n) is 9.04. The highest BCUT2D eigenvalue weighted by atomic mass is 32.1. The van der Waals surface area contributed by atoms with E-state index in [1.165, 1.54) is 4.88 Å². The summed E-state index contributed by atoms with van der Waals surface area (Å²) < 4.78 is 5.11. The van der Waals surface area contributed by atoms with Gasteiger partial charge in [-0.3, -0.25) is 0 Å². The van der Waals surface area contributed by atoms with E-state index in [9.17, 15) is 0 Å². The molecule has 0 saturated carbocycles. The van der Waals surface area contributed by atoms with Crippen molar-refractivity contribution in [3.8, 4) is 0 Å². The van der Waals surface area contributed by atoms with Gasteiger partial charge in [-0.25, -0.2) is 4.98 Å². The van der Waals surface area contributed by atoms with Crippen LogP contribution in [0.5, 0.6) is 0 Å². The first kappa shape index (κ1) is 11.5. The summed E-state index contributed by atoms with van der Waals surface area (Å²) in [6, 6.07) is 0. The van der Waals surface area contributed by atoms with Crippen LogP contribution in [0.2, 0.25) is 0 Å². The number of hydrogen-bond donors (Lipinski definition) is 1. The fourth-order valence-electron chi connectivity index (χ4n) is 1.16. The summed E-state index contributed by atoms with van der Waals surface area (Å²) in [4.78, 5) is 5.59. The first-order valence-corrected chi connectivity index (χ1v) is 5.78. The van der Waals surface area contributed by atoms with E-state index in [4.69, 9.17) is 4.74 Å². The molecule has 0 aromatic carbocycles. The van der Waals surface area contributed by atoms with E-state index in [-0.39, 0.29) is 0 Å². The molecule has 0 aliphatic rings. The van der Waals surface area contributed by atoms with Crippen molar-refractivity contribution in [2.75, 3.05) is 25.6 Å². The Balaban J connectivity index is 2.49. The summed E-state index contributed by atoms with van der Waals surface area (Å²) in [6.07, 6.45) is 3.06. The van der Waals surface area contributed by atoms with E-state index >= 15 is 0 Å². The van der Waals surface area contributed by atoms with Crippen LogP contribution < -0.4 is 5.32 Å². The summed E-state index contributed by atoms with van der Waals surface area (Å²) >= 11 is 1.72. The summed E-state index contributed by atoms with van der Waals surface area (Å²) in [7, 11) is 1.73. The number of methoxy groups -OCH3 is 1. The van der Waals surface area contributed by atoms with Crippen LogP contribution in [0, 0.1) is 0 Å². The van der Waals surface area contributed by atoms with Crippen molar-refractivity contribution in [1.82, 2.24) is 4.98 Å². The van der Waals surface area contributed by atoms with Gasteiger partial charge in [-0.15, -0.1) is 11.3 Å². The summed E-state index contributed by atoms with van der Waals surface area (Å²) in [5.74, 6) is 0.440. The molecule has 14 heavy (non-hydrogen) atoms. The van der Waals surface area contributed by atoms with E-state index in [2.05, 4.69) is 24.1 Å². The molecule has 0 fully saturated rings. The highest BCUT2D eigenvalue weighted by Gasteiger charge is 2.08. The molecule has 4 heteroatoms. The molecule has 0 radical (unpaired) electrons. The molecule has 1 unspecified atom stereocenters. The average molecular weight is 214 g/mol. The maximum absolute atomic E-state index is 5.11. The van der Waals surface area contributed by atoms with Crippen LogP contribution in [0.1, 0.15) is 31.1 Å². The van der Waals surface area contributed by atoms with Gasteiger partial charge in [0.05, 0.1) is 6.61 Å². The largest absolute Gasteiger partial charge is 0.384 e. The lowest BCUT2D eigenvalue weighted by atomic mass is 10.2. The minimum absolute atomic E-state index is 0.440. The molecule has 1 rings (SSSR count). The van der Waals surface area contributed by atoms with Gasteiger partial charge in [-0.05, 0) is 6.42 Å². The molecule has 0 saturated heterocycles. The predicted octanol–water partition coefficient (Wildman–Crippen LogP) is 2.71. The van der Waals surface area contributed by atoms with Crippen LogP contribution >= 0.6 is 11.3 Å². The average Bonchev–Trinajstić information content (AvgIpc) is 2.63. The normalized spacial score (nSPS) is 12.8. The van der Waals surface area contributed by atoms with E-state index in [1.807, 2.05) is 6.20 Å². The molecular formula is C10H18N2OS. The van der Waals surface area contributed by atoms with Crippen LogP contribution in [0.3, 0.4) is 0 Å². The van der Waals surface area contributed by atoms with E-state index in [0.29, 0.717) is 5.92 Å². The number of rotatable bonds is 6. The maximum atomic E-state index is 5.11. The Kier molecular flexibility index (Phi) is 4.90. The first-order valence-electron chi connectivity index (χ1n) is 4.96. The van der Waals surface area contributed by atoms with Crippen molar-refractivity contribution in [2.45, 2.75) is 26.2 Å². The lowest BCUT2D eigenvalue weighted by Gasteiger charge is -2.05. The number of thiazole rings is 1. The smallest absolute Gasteiger partial charge is 0.182 e. The highest BCUT2D eigenvalue weighted by molar-refractivity contribution is 7.15. The standard InChI is InChI=1S/C10H18N2OS/c1-4-5-11-10-12-6-9(14-10)8(2)7-13-3/h6,8H,4-5,7H2,1-3H3,(H,11,12). The summed E-state index contributed by atoms with van der Waals surface area (Å²) in [6.45, 7) is 6.05. The Morgan fingerprint density at radius 2 is 2.43 bits per heavy atom. The number of ether oxygens (including phenoxy) is 1. The van der Waals surface area contributed by atoms with Gasteiger partial charge in [0.2, 0.25) is 0 Å². The zero-order valence-corrected chi connectivity index (χ0v) is 9.86. The monoisotopic (exact) mass is 214 g/mol. The third-order valence-electron chi connectivity index (χ3n) is 1.95. The Hall–Kier alpha value is -0.610. The van der Waals surface area contributed by atoms with Gasteiger partial charge in [0.1, 0.15) is 0 Å². The lowest BCUT2D eigenvalue weighted by molar-refractivity contribution is 0.185. The third-order valence-corrected chi connectivity index (χ3v) is 3.14. The van der Waals surface area contributed by atoms with Crippen molar-refractivity contribution in [3.63, 3.8) is 0 Å². The number of aromatic nitrogens is 1. The molecule has 3 nitrogen and oxygen atoms in total. The van der Waals surface area contributed by atoms with Crippen LogP contribution in [-0.4, -0.2) is 25.2 Å². The topological polar surface area (TPSA) is 34.2 Å². The lowest BCUT2D eigenvalue weighted by Crippen LogP contribution is -1.99. The minimum Gasteiger partial charge on any atom is -0.384 e. The van der Waals surface area contributed by atoms with Crippen LogP contribution in [0.4, 0.5) is 5.13 Å². The molecule has 80 valence electrons. The Morgan fingerprint density at radius 3 is 3.07 bits per heavy atom. The highest BCUT2D eigenvalue weighted by Crippen LogP contribution is 2.25. The van der Waals surface area contributed by atoms with Gasteiger partial charge in [0.25, 0.3) is 0 Å². The summed E-state index contributed by atoms with van der Waals surface area (Å²) in [5.41, 5.74) is 0. The molecule has 1 atom stereocenters. The Morgan fingerprint density at radius 1 is 1.64 bits per heavy atom. The predicted molar refractivity (Wildman–Crippen MR) is 61.2 cm³/mol. The van der Waals surface area contributed by atoms with Crippen molar-refractivity contribution >= 4 is 16.5 Å². The van der Waals surface area contributed by atoms with Crippen LogP contribution in [-0.2, 0) is 4.74 Å². The fraction of sp³-hybridized carbons (Fsp3) is 0.700. The van der Waals surface area contributed by atoms with Crippen LogP contribution in [0.25, 0.3) is 0 Å². The number of nitrogens with zero attached hydrogens (tertiary/aromatic N) is 1. The quantitative estimate of drug-likeness (QED) is 0.790. The van der Waals surface area contributed by atoms with Crippen molar-refractivity contribution in [2.24, 2.45) is 0 Å². The van der Waals surface area contributed by atoms with Gasteiger partial charge in [-0.1, -0.05) is 13.8 Å². The minimum atomic E-state index is 0.440. The first-order chi connectivity index (χ1) is 6.77. The molecular weight excluding hydrogens is 196 g/mol. The molecule has 0 aliphatic heterocycles. The molecule has 1 N–H and O–H groups in total. The molecule has 0 spiro atoms. The molecule has 1 aromatic heterocycles. The molecule has 1 heterocycles. The second kappa shape index (κ2) is 5.98. The van der Waals surface area contributed by atoms with Crippen molar-refractivity contribution in [3.05, 3.63) is 11.1 Å². The fourth-order valence-corrected chi connectivity index (χ4v) is 2.04. The molecule has 0 amide bonds. The number of nitrogens with one attached hydrogen (secondary N) is 1. The van der Waals surface area contributed by atoms with E-state index < -0.39 is 0 Å². The van der Waals surface area contributed by atoms with Crippen molar-refractivity contribution < 1.29 is 4.74 Å². The van der Waals surface area contributed by atoms with Gasteiger partial charge < -0.3 is 10.1 Å².